The second kappa shape index (κ2) is 4.61. The molecular weight excluding hydrogens is 176 g/mol. The zero-order valence-electron chi connectivity index (χ0n) is 8.70. The smallest absolute Gasteiger partial charge is 0.192 e. The molecule has 0 aliphatic rings. The molecule has 0 bridgehead atoms. The lowest BCUT2D eigenvalue weighted by atomic mass is 10.1. The van der Waals surface area contributed by atoms with Crippen LogP contribution in [0.2, 0.25) is 0 Å². The van der Waals surface area contributed by atoms with Crippen LogP contribution in [-0.2, 0) is 0 Å². The summed E-state index contributed by atoms with van der Waals surface area (Å²) in [5.74, 6) is 0. The fourth-order valence-corrected chi connectivity index (χ4v) is 1.20. The van der Waals surface area contributed by atoms with Crippen molar-refractivity contribution in [2.45, 2.75) is 20.8 Å². The summed E-state index contributed by atoms with van der Waals surface area (Å²) in [4.78, 5) is 11.3. The van der Waals surface area contributed by atoms with Crippen molar-refractivity contribution < 1.29 is 4.42 Å². The molecule has 14 heavy (non-hydrogen) atoms. The van der Waals surface area contributed by atoms with E-state index in [2.05, 4.69) is 0 Å². The van der Waals surface area contributed by atoms with Crippen molar-refractivity contribution in [3.05, 3.63) is 46.3 Å². The first-order valence-corrected chi connectivity index (χ1v) is 4.75. The molecule has 1 heterocycles. The van der Waals surface area contributed by atoms with E-state index in [1.807, 2.05) is 39.0 Å². The molecule has 2 heteroatoms. The van der Waals surface area contributed by atoms with E-state index < -0.39 is 0 Å². The van der Waals surface area contributed by atoms with E-state index in [4.69, 9.17) is 4.42 Å². The highest BCUT2D eigenvalue weighted by atomic mass is 16.3. The number of fused-ring (bicyclic) bond motifs is 1. The van der Waals surface area contributed by atoms with Crippen LogP contribution in [0.25, 0.3) is 11.0 Å². The van der Waals surface area contributed by atoms with Crippen molar-refractivity contribution >= 4 is 11.0 Å². The Kier molecular flexibility index (Phi) is 3.46. The van der Waals surface area contributed by atoms with Crippen LogP contribution < -0.4 is 5.43 Å². The zero-order valence-corrected chi connectivity index (χ0v) is 8.70. The van der Waals surface area contributed by atoms with Crippen LogP contribution in [-0.4, -0.2) is 0 Å². The maximum atomic E-state index is 11.3. The number of rotatable bonds is 0. The third-order valence-corrected chi connectivity index (χ3v) is 1.81. The Morgan fingerprint density at radius 2 is 1.86 bits per heavy atom. The normalized spacial score (nSPS) is 9.36. The van der Waals surface area contributed by atoms with Gasteiger partial charge in [0.05, 0.1) is 11.6 Å². The summed E-state index contributed by atoms with van der Waals surface area (Å²) in [7, 11) is 0. The maximum absolute atomic E-state index is 11.3. The van der Waals surface area contributed by atoms with Crippen molar-refractivity contribution in [2.75, 3.05) is 0 Å². The van der Waals surface area contributed by atoms with E-state index in [0.29, 0.717) is 11.0 Å². The Morgan fingerprint density at radius 1 is 1.14 bits per heavy atom. The standard InChI is InChI=1S/C10H8O2.C2H6/c1-7-2-3-10-8(6-7)9(11)4-5-12-10;1-2/h2-6H,1H3;1-2H3. The van der Waals surface area contributed by atoms with Crippen LogP contribution in [0.5, 0.6) is 0 Å². The molecule has 2 aromatic rings. The molecule has 0 spiro atoms. The van der Waals surface area contributed by atoms with Crippen molar-refractivity contribution in [2.24, 2.45) is 0 Å². The van der Waals surface area contributed by atoms with Gasteiger partial charge < -0.3 is 4.42 Å². The van der Waals surface area contributed by atoms with Crippen molar-refractivity contribution in [3.63, 3.8) is 0 Å². The fourth-order valence-electron chi connectivity index (χ4n) is 1.20. The Morgan fingerprint density at radius 3 is 2.57 bits per heavy atom. The van der Waals surface area contributed by atoms with Gasteiger partial charge in [0.15, 0.2) is 5.43 Å². The van der Waals surface area contributed by atoms with Gasteiger partial charge in [-0.3, -0.25) is 4.79 Å². The third-order valence-electron chi connectivity index (χ3n) is 1.81. The molecule has 74 valence electrons. The minimum Gasteiger partial charge on any atom is -0.464 e. The topological polar surface area (TPSA) is 30.2 Å². The Bertz CT molecular complexity index is 469. The average molecular weight is 190 g/mol. The summed E-state index contributed by atoms with van der Waals surface area (Å²) in [6.45, 7) is 5.95. The minimum absolute atomic E-state index is 0.0138. The van der Waals surface area contributed by atoms with E-state index in [-0.39, 0.29) is 5.43 Å². The molecule has 2 rings (SSSR count). The van der Waals surface area contributed by atoms with Gasteiger partial charge in [0.2, 0.25) is 0 Å². The van der Waals surface area contributed by atoms with E-state index in [1.165, 1.54) is 12.3 Å². The van der Waals surface area contributed by atoms with Crippen LogP contribution >= 0.6 is 0 Å². The van der Waals surface area contributed by atoms with Crippen molar-refractivity contribution in [3.8, 4) is 0 Å². The van der Waals surface area contributed by atoms with Crippen LogP contribution in [0.4, 0.5) is 0 Å². The lowest BCUT2D eigenvalue weighted by Crippen LogP contribution is -1.97. The lowest BCUT2D eigenvalue weighted by molar-refractivity contribution is 0.602. The maximum Gasteiger partial charge on any atom is 0.192 e. The van der Waals surface area contributed by atoms with Gasteiger partial charge in [-0.25, -0.2) is 0 Å². The fraction of sp³-hybridized carbons (Fsp3) is 0.250. The van der Waals surface area contributed by atoms with E-state index in [0.717, 1.165) is 5.56 Å². The summed E-state index contributed by atoms with van der Waals surface area (Å²) >= 11 is 0. The van der Waals surface area contributed by atoms with Crippen LogP contribution in [0.1, 0.15) is 19.4 Å². The van der Waals surface area contributed by atoms with Crippen molar-refractivity contribution in [1.82, 2.24) is 0 Å². The predicted molar refractivity (Wildman–Crippen MR) is 58.6 cm³/mol. The van der Waals surface area contributed by atoms with Crippen LogP contribution in [0, 0.1) is 6.92 Å². The highest BCUT2D eigenvalue weighted by Gasteiger charge is 1.97. The summed E-state index contributed by atoms with van der Waals surface area (Å²) in [5, 5.41) is 0.650. The molecule has 0 aliphatic carbocycles. The molecule has 0 N–H and O–H groups in total. The monoisotopic (exact) mass is 190 g/mol. The first-order chi connectivity index (χ1) is 6.77. The highest BCUT2D eigenvalue weighted by Crippen LogP contribution is 2.10. The zero-order chi connectivity index (χ0) is 10.6. The highest BCUT2D eigenvalue weighted by molar-refractivity contribution is 5.76. The molecule has 2 nitrogen and oxygen atoms in total. The van der Waals surface area contributed by atoms with Gasteiger partial charge in [0.1, 0.15) is 5.58 Å². The second-order valence-corrected chi connectivity index (χ2v) is 2.78. The molecule has 0 saturated heterocycles. The van der Waals surface area contributed by atoms with E-state index in [1.54, 1.807) is 0 Å². The Hall–Kier alpha value is -1.57. The molecule has 0 fully saturated rings. The molecule has 1 aromatic carbocycles. The number of hydrogen-bond donors (Lipinski definition) is 0. The molecule has 0 aliphatic heterocycles. The number of aryl methyl sites for hydroxylation is 1. The van der Waals surface area contributed by atoms with Gasteiger partial charge in [-0.1, -0.05) is 25.5 Å². The predicted octanol–water partition coefficient (Wildman–Crippen LogP) is 3.13. The largest absolute Gasteiger partial charge is 0.464 e. The molecule has 1 aromatic heterocycles. The second-order valence-electron chi connectivity index (χ2n) is 2.78. The van der Waals surface area contributed by atoms with Gasteiger partial charge in [0, 0.05) is 6.07 Å². The molecule has 0 unspecified atom stereocenters. The summed E-state index contributed by atoms with van der Waals surface area (Å²) < 4.78 is 5.15. The lowest BCUT2D eigenvalue weighted by Gasteiger charge is -1.95. The van der Waals surface area contributed by atoms with Crippen LogP contribution in [0.15, 0.2) is 39.7 Å². The Labute approximate surface area is 83.2 Å². The molecule has 0 atom stereocenters. The number of benzene rings is 1. The van der Waals surface area contributed by atoms with Crippen LogP contribution in [0.3, 0.4) is 0 Å². The molecule has 0 saturated carbocycles. The molecular formula is C12H14O2. The summed E-state index contributed by atoms with van der Waals surface area (Å²) in [6.07, 6.45) is 1.42. The van der Waals surface area contributed by atoms with E-state index in [9.17, 15) is 4.79 Å². The summed E-state index contributed by atoms with van der Waals surface area (Å²) in [6, 6.07) is 7.00. The van der Waals surface area contributed by atoms with Crippen molar-refractivity contribution in [1.29, 1.82) is 0 Å². The average Bonchev–Trinajstić information content (AvgIpc) is 2.22. The quantitative estimate of drug-likeness (QED) is 0.638. The third kappa shape index (κ3) is 2.02. The first-order valence-electron chi connectivity index (χ1n) is 4.75. The van der Waals surface area contributed by atoms with E-state index >= 15 is 0 Å². The number of hydrogen-bond acceptors (Lipinski definition) is 2. The first kappa shape index (κ1) is 10.5. The molecule has 0 amide bonds. The van der Waals surface area contributed by atoms with Gasteiger partial charge >= 0.3 is 0 Å². The van der Waals surface area contributed by atoms with Gasteiger partial charge in [-0.15, -0.1) is 0 Å². The minimum atomic E-state index is 0.0138. The van der Waals surface area contributed by atoms with Gasteiger partial charge in [-0.05, 0) is 19.1 Å². The SMILES string of the molecule is CC.Cc1ccc2occc(=O)c2c1. The van der Waals surface area contributed by atoms with Gasteiger partial charge in [-0.2, -0.15) is 0 Å². The Balaban J connectivity index is 0.000000461. The molecule has 0 radical (unpaired) electrons. The summed E-state index contributed by atoms with van der Waals surface area (Å²) in [5.41, 5.74) is 1.73. The van der Waals surface area contributed by atoms with Gasteiger partial charge in [0.25, 0.3) is 0 Å².